The summed E-state index contributed by atoms with van der Waals surface area (Å²) in [6, 6.07) is 7.81. The molecule has 2 aromatic rings. The molecule has 1 amide bonds. The normalized spacial score (nSPS) is 39.0. The molecule has 1 aromatic heterocycles. The fourth-order valence-corrected chi connectivity index (χ4v) is 6.70. The summed E-state index contributed by atoms with van der Waals surface area (Å²) in [7, 11) is 0. The first-order valence-electron chi connectivity index (χ1n) is 10.5. The highest BCUT2D eigenvalue weighted by Crippen LogP contribution is 2.38. The van der Waals surface area contributed by atoms with Crippen LogP contribution in [0, 0.1) is 5.92 Å². The molecule has 0 saturated carbocycles. The minimum atomic E-state index is -0.0424. The number of carbonyl (C=O) groups is 1. The summed E-state index contributed by atoms with van der Waals surface area (Å²) in [6.45, 7) is 6.70. The molecule has 3 N–H and O–H groups in total. The lowest BCUT2D eigenvalue weighted by Crippen LogP contribution is -2.57. The third-order valence-corrected chi connectivity index (χ3v) is 8.40. The van der Waals surface area contributed by atoms with Crippen LogP contribution in [0.4, 0.5) is 0 Å². The van der Waals surface area contributed by atoms with E-state index in [0.29, 0.717) is 23.7 Å². The largest absolute Gasteiger partial charge is 0.346 e. The standard InChI is InChI=1S/C21H27N5OS/c1-21(18-9-14(24-21)10-22-18)13-2-3-15-17(8-13)28-25-19(15)20(27)23-16-11-26-6-4-12(16)5-7-26/h2-3,8,12,14,16,18,22,24H,4-7,9-11H2,1H3,(H,23,27)/t14-,16+,18+,21?/m0/s1. The number of piperazine rings is 1. The zero-order valence-corrected chi connectivity index (χ0v) is 17.0. The minimum absolute atomic E-state index is 0.0105. The molecule has 148 valence electrons. The number of amides is 1. The van der Waals surface area contributed by atoms with Crippen molar-refractivity contribution < 1.29 is 4.79 Å². The molecule has 6 nitrogen and oxygen atoms in total. The Morgan fingerprint density at radius 2 is 2.21 bits per heavy atom. The third-order valence-electron chi connectivity index (χ3n) is 7.59. The van der Waals surface area contributed by atoms with Crippen molar-refractivity contribution in [3.63, 3.8) is 0 Å². The highest BCUT2D eigenvalue weighted by molar-refractivity contribution is 7.13. The Morgan fingerprint density at radius 3 is 2.89 bits per heavy atom. The minimum Gasteiger partial charge on any atom is -0.346 e. The van der Waals surface area contributed by atoms with Gasteiger partial charge in [0.2, 0.25) is 0 Å². The highest BCUT2D eigenvalue weighted by Gasteiger charge is 2.48. The molecule has 4 bridgehead atoms. The number of fused-ring (bicyclic) bond motifs is 6. The monoisotopic (exact) mass is 397 g/mol. The van der Waals surface area contributed by atoms with Crippen LogP contribution in [-0.4, -0.2) is 59.5 Å². The molecule has 7 heteroatoms. The van der Waals surface area contributed by atoms with Crippen LogP contribution in [0.5, 0.6) is 0 Å². The van der Waals surface area contributed by atoms with E-state index in [1.165, 1.54) is 49.4 Å². The summed E-state index contributed by atoms with van der Waals surface area (Å²) in [5.74, 6) is 0.616. The molecule has 0 radical (unpaired) electrons. The molecule has 1 unspecified atom stereocenters. The number of piperidine rings is 3. The van der Waals surface area contributed by atoms with Crippen molar-refractivity contribution in [2.75, 3.05) is 26.2 Å². The van der Waals surface area contributed by atoms with Crippen molar-refractivity contribution in [1.82, 2.24) is 25.2 Å². The van der Waals surface area contributed by atoms with Gasteiger partial charge in [-0.1, -0.05) is 12.1 Å². The maximum atomic E-state index is 13.0. The Hall–Kier alpha value is -1.54. The van der Waals surface area contributed by atoms with E-state index in [0.717, 1.165) is 23.2 Å². The Morgan fingerprint density at radius 1 is 1.36 bits per heavy atom. The van der Waals surface area contributed by atoms with Gasteiger partial charge in [0.25, 0.3) is 5.91 Å². The van der Waals surface area contributed by atoms with Gasteiger partial charge in [-0.3, -0.25) is 4.79 Å². The van der Waals surface area contributed by atoms with Crippen LogP contribution in [0.25, 0.3) is 10.1 Å². The van der Waals surface area contributed by atoms with Gasteiger partial charge in [-0.25, -0.2) is 0 Å². The average Bonchev–Trinajstić information content (AvgIpc) is 3.42. The molecule has 5 aliphatic heterocycles. The number of nitrogens with zero attached hydrogens (tertiary/aromatic N) is 2. The number of aromatic nitrogens is 1. The topological polar surface area (TPSA) is 69.3 Å². The predicted octanol–water partition coefficient (Wildman–Crippen LogP) is 1.67. The van der Waals surface area contributed by atoms with Crippen LogP contribution in [0.1, 0.15) is 42.2 Å². The molecule has 6 heterocycles. The van der Waals surface area contributed by atoms with Crippen LogP contribution in [0.3, 0.4) is 0 Å². The molecule has 0 aliphatic carbocycles. The van der Waals surface area contributed by atoms with Crippen molar-refractivity contribution in [3.05, 3.63) is 29.5 Å². The second-order valence-corrected chi connectivity index (χ2v) is 10.0. The molecule has 28 heavy (non-hydrogen) atoms. The zero-order chi connectivity index (χ0) is 18.9. The van der Waals surface area contributed by atoms with E-state index < -0.39 is 0 Å². The number of nitrogens with one attached hydrogen (secondary N) is 3. The smallest absolute Gasteiger partial charge is 0.271 e. The highest BCUT2D eigenvalue weighted by atomic mass is 32.1. The molecule has 5 saturated heterocycles. The fraction of sp³-hybridized carbons (Fsp3) is 0.619. The predicted molar refractivity (Wildman–Crippen MR) is 111 cm³/mol. The van der Waals surface area contributed by atoms with Crippen LogP contribution >= 0.6 is 11.5 Å². The van der Waals surface area contributed by atoms with Crippen molar-refractivity contribution in [1.29, 1.82) is 0 Å². The molecular weight excluding hydrogens is 370 g/mol. The average molecular weight is 398 g/mol. The van der Waals surface area contributed by atoms with E-state index in [2.05, 4.69) is 50.3 Å². The summed E-state index contributed by atoms with van der Waals surface area (Å²) in [4.78, 5) is 15.4. The summed E-state index contributed by atoms with van der Waals surface area (Å²) < 4.78 is 5.64. The van der Waals surface area contributed by atoms with E-state index in [4.69, 9.17) is 0 Å². The maximum Gasteiger partial charge on any atom is 0.271 e. The Bertz CT molecular complexity index is 936. The Balaban J connectivity index is 1.25. The Kier molecular flexibility index (Phi) is 3.85. The van der Waals surface area contributed by atoms with Gasteiger partial charge in [-0.15, -0.1) is 0 Å². The Labute approximate surface area is 169 Å². The first-order valence-corrected chi connectivity index (χ1v) is 11.3. The quantitative estimate of drug-likeness (QED) is 0.735. The SMILES string of the molecule is CC1(c2ccc3c(C(=O)N[C@@H]4CN5CCC4CC5)nsc3c2)N[C@@H]2CN[C@@H]1C2. The van der Waals surface area contributed by atoms with Gasteiger partial charge in [0, 0.05) is 36.6 Å². The molecule has 1 aromatic carbocycles. The maximum absolute atomic E-state index is 13.0. The first kappa shape index (κ1) is 17.3. The number of benzene rings is 1. The summed E-state index contributed by atoms with van der Waals surface area (Å²) in [5.41, 5.74) is 1.83. The van der Waals surface area contributed by atoms with E-state index >= 15 is 0 Å². The number of hydrogen-bond acceptors (Lipinski definition) is 6. The lowest BCUT2D eigenvalue weighted by Gasteiger charge is -2.44. The lowest BCUT2D eigenvalue weighted by atomic mass is 9.84. The van der Waals surface area contributed by atoms with Gasteiger partial charge in [-0.2, -0.15) is 4.37 Å². The molecule has 4 atom stereocenters. The number of rotatable bonds is 3. The van der Waals surface area contributed by atoms with E-state index in [1.807, 2.05) is 0 Å². The lowest BCUT2D eigenvalue weighted by molar-refractivity contribution is 0.0619. The van der Waals surface area contributed by atoms with Gasteiger partial charge in [0.05, 0.1) is 10.2 Å². The number of carbonyl (C=O) groups excluding carboxylic acids is 1. The van der Waals surface area contributed by atoms with E-state index in [9.17, 15) is 4.79 Å². The first-order chi connectivity index (χ1) is 13.6. The van der Waals surface area contributed by atoms with Crippen molar-refractivity contribution in [2.24, 2.45) is 5.92 Å². The van der Waals surface area contributed by atoms with Crippen LogP contribution in [0.15, 0.2) is 18.2 Å². The molecule has 0 spiro atoms. The second-order valence-electron chi connectivity index (χ2n) is 9.20. The second kappa shape index (κ2) is 6.23. The summed E-state index contributed by atoms with van der Waals surface area (Å²) in [6.07, 6.45) is 3.59. The van der Waals surface area contributed by atoms with Crippen molar-refractivity contribution in [3.8, 4) is 0 Å². The molecule has 5 fully saturated rings. The number of hydrogen-bond donors (Lipinski definition) is 3. The molecule has 7 rings (SSSR count). The van der Waals surface area contributed by atoms with E-state index in [1.54, 1.807) is 0 Å². The van der Waals surface area contributed by atoms with Crippen LogP contribution in [-0.2, 0) is 5.54 Å². The van der Waals surface area contributed by atoms with Gasteiger partial charge in [0.1, 0.15) is 5.69 Å². The van der Waals surface area contributed by atoms with Gasteiger partial charge < -0.3 is 20.9 Å². The third kappa shape index (κ3) is 2.56. The van der Waals surface area contributed by atoms with Crippen LogP contribution < -0.4 is 16.0 Å². The van der Waals surface area contributed by atoms with Gasteiger partial charge in [-0.05, 0) is 68.4 Å². The van der Waals surface area contributed by atoms with Crippen LogP contribution in [0.2, 0.25) is 0 Å². The van der Waals surface area contributed by atoms with Gasteiger partial charge in [0.15, 0.2) is 0 Å². The van der Waals surface area contributed by atoms with E-state index in [-0.39, 0.29) is 17.5 Å². The zero-order valence-electron chi connectivity index (χ0n) is 16.2. The molecular formula is C21H27N5OS. The summed E-state index contributed by atoms with van der Waals surface area (Å²) in [5, 5.41) is 11.7. The van der Waals surface area contributed by atoms with Gasteiger partial charge >= 0.3 is 0 Å². The van der Waals surface area contributed by atoms with Crippen molar-refractivity contribution in [2.45, 2.75) is 49.9 Å². The fourth-order valence-electron chi connectivity index (χ4n) is 5.88. The van der Waals surface area contributed by atoms with Crippen molar-refractivity contribution >= 4 is 27.5 Å². The summed E-state index contributed by atoms with van der Waals surface area (Å²) >= 11 is 1.44. The molecule has 5 aliphatic rings.